The second-order valence-electron chi connectivity index (χ2n) is 8.12. The molecular weight excluding hydrogens is 477 g/mol. The summed E-state index contributed by atoms with van der Waals surface area (Å²) < 4.78 is 12.1. The van der Waals surface area contributed by atoms with Gasteiger partial charge in [-0.05, 0) is 44.6 Å². The van der Waals surface area contributed by atoms with E-state index in [9.17, 15) is 0 Å². The van der Waals surface area contributed by atoms with Crippen LogP contribution in [0.1, 0.15) is 62.2 Å². The van der Waals surface area contributed by atoms with E-state index in [1.165, 1.54) is 43.2 Å². The first-order valence-corrected chi connectivity index (χ1v) is 11.0. The van der Waals surface area contributed by atoms with Gasteiger partial charge in [0, 0.05) is 39.3 Å². The third-order valence-electron chi connectivity index (χ3n) is 5.88. The highest BCUT2D eigenvalue weighted by Crippen LogP contribution is 2.33. The van der Waals surface area contributed by atoms with Crippen LogP contribution in [0, 0.1) is 12.8 Å². The van der Waals surface area contributed by atoms with Crippen molar-refractivity contribution < 1.29 is 9.47 Å². The molecule has 0 aromatic heterocycles. The molecule has 1 aliphatic carbocycles. The fraction of sp³-hybridized carbons (Fsp3) is 0.696. The minimum absolute atomic E-state index is 0. The number of benzene rings is 1. The lowest BCUT2D eigenvalue weighted by atomic mass is 9.89. The number of aliphatic imine (C=N–C) groups is 1. The molecule has 1 aliphatic heterocycles. The lowest BCUT2D eigenvalue weighted by Crippen LogP contribution is -2.42. The zero-order valence-corrected chi connectivity index (χ0v) is 20.3. The predicted octanol–water partition coefficient (Wildman–Crippen LogP) is 4.60. The van der Waals surface area contributed by atoms with Gasteiger partial charge in [0.2, 0.25) is 0 Å². The molecule has 0 spiro atoms. The van der Waals surface area contributed by atoms with Crippen LogP contribution in [0.25, 0.3) is 0 Å². The van der Waals surface area contributed by atoms with Crippen LogP contribution in [0.3, 0.4) is 0 Å². The molecular formula is C23H38IN3O2. The van der Waals surface area contributed by atoms with E-state index in [0.717, 1.165) is 45.1 Å². The van der Waals surface area contributed by atoms with Crippen LogP contribution >= 0.6 is 24.0 Å². The highest BCUT2D eigenvalue weighted by Gasteiger charge is 2.27. The second kappa shape index (κ2) is 13.4. The fourth-order valence-corrected chi connectivity index (χ4v) is 4.21. The average Bonchev–Trinajstić information content (AvgIpc) is 3.24. The molecule has 2 unspecified atom stereocenters. The number of nitrogens with zero attached hydrogens (tertiary/aromatic N) is 1. The molecule has 1 aromatic rings. The minimum Gasteiger partial charge on any atom is -0.378 e. The Bertz CT molecular complexity index is 603. The molecule has 0 amide bonds. The summed E-state index contributed by atoms with van der Waals surface area (Å²) in [4.78, 5) is 4.37. The van der Waals surface area contributed by atoms with Crippen molar-refractivity contribution in [1.82, 2.24) is 10.6 Å². The standard InChI is InChI=1S/C23H37N3O2.HI/c1-18-10-12-19(13-11-18)22-20(7-5-15-28-22)17-26-23(24-2)25-14-6-16-27-21-8-3-4-9-21;/h10-13,20-22H,3-9,14-17H2,1-2H3,(H2,24,25,26);1H. The first-order chi connectivity index (χ1) is 13.8. The van der Waals surface area contributed by atoms with Crippen molar-refractivity contribution in [2.45, 2.75) is 64.1 Å². The molecule has 0 bridgehead atoms. The van der Waals surface area contributed by atoms with Crippen molar-refractivity contribution in [3.8, 4) is 0 Å². The Labute approximate surface area is 193 Å². The lowest BCUT2D eigenvalue weighted by molar-refractivity contribution is -0.0265. The van der Waals surface area contributed by atoms with Gasteiger partial charge >= 0.3 is 0 Å². The van der Waals surface area contributed by atoms with Crippen LogP contribution in [0.15, 0.2) is 29.3 Å². The highest BCUT2D eigenvalue weighted by atomic mass is 127. The molecule has 1 aromatic carbocycles. The fourth-order valence-electron chi connectivity index (χ4n) is 4.21. The van der Waals surface area contributed by atoms with Crippen molar-refractivity contribution in [2.75, 3.05) is 33.4 Å². The Balaban J connectivity index is 0.00000300. The van der Waals surface area contributed by atoms with E-state index in [1.54, 1.807) is 0 Å². The van der Waals surface area contributed by atoms with Gasteiger partial charge in [0.05, 0.1) is 12.2 Å². The van der Waals surface area contributed by atoms with Crippen LogP contribution in [-0.2, 0) is 9.47 Å². The average molecular weight is 515 g/mol. The van der Waals surface area contributed by atoms with Gasteiger partial charge in [0.15, 0.2) is 5.96 Å². The molecule has 29 heavy (non-hydrogen) atoms. The molecule has 6 heteroatoms. The van der Waals surface area contributed by atoms with Gasteiger partial charge in [0.25, 0.3) is 0 Å². The molecule has 1 heterocycles. The van der Waals surface area contributed by atoms with E-state index in [2.05, 4.69) is 46.8 Å². The zero-order valence-electron chi connectivity index (χ0n) is 18.0. The van der Waals surface area contributed by atoms with E-state index < -0.39 is 0 Å². The number of rotatable bonds is 8. The van der Waals surface area contributed by atoms with Crippen LogP contribution < -0.4 is 10.6 Å². The number of aryl methyl sites for hydroxylation is 1. The number of guanidine groups is 1. The Morgan fingerprint density at radius 1 is 1.10 bits per heavy atom. The molecule has 1 saturated carbocycles. The maximum atomic E-state index is 6.13. The Hall–Kier alpha value is -0.860. The van der Waals surface area contributed by atoms with Crippen molar-refractivity contribution in [3.05, 3.63) is 35.4 Å². The molecule has 2 N–H and O–H groups in total. The van der Waals surface area contributed by atoms with Gasteiger partial charge in [-0.2, -0.15) is 0 Å². The second-order valence-corrected chi connectivity index (χ2v) is 8.12. The number of nitrogens with one attached hydrogen (secondary N) is 2. The molecule has 2 aliphatic rings. The van der Waals surface area contributed by atoms with Gasteiger partial charge in [-0.1, -0.05) is 42.7 Å². The summed E-state index contributed by atoms with van der Waals surface area (Å²) in [5, 5.41) is 6.91. The maximum Gasteiger partial charge on any atom is 0.190 e. The summed E-state index contributed by atoms with van der Waals surface area (Å²) >= 11 is 0. The van der Waals surface area contributed by atoms with Crippen LogP contribution in [0.4, 0.5) is 0 Å². The summed E-state index contributed by atoms with van der Waals surface area (Å²) in [5.74, 6) is 1.33. The Morgan fingerprint density at radius 3 is 2.59 bits per heavy atom. The van der Waals surface area contributed by atoms with Gasteiger partial charge in [-0.3, -0.25) is 4.99 Å². The zero-order chi connectivity index (χ0) is 19.6. The molecule has 3 rings (SSSR count). The maximum absolute atomic E-state index is 6.13. The van der Waals surface area contributed by atoms with Crippen molar-refractivity contribution in [1.29, 1.82) is 0 Å². The van der Waals surface area contributed by atoms with Crippen molar-refractivity contribution in [2.24, 2.45) is 10.9 Å². The van der Waals surface area contributed by atoms with E-state index in [4.69, 9.17) is 9.47 Å². The molecule has 5 nitrogen and oxygen atoms in total. The third kappa shape index (κ3) is 8.06. The van der Waals surface area contributed by atoms with Gasteiger partial charge in [0.1, 0.15) is 0 Å². The highest BCUT2D eigenvalue weighted by molar-refractivity contribution is 14.0. The summed E-state index contributed by atoms with van der Waals surface area (Å²) in [6.45, 7) is 5.56. The van der Waals surface area contributed by atoms with Crippen LogP contribution in [0.2, 0.25) is 0 Å². The van der Waals surface area contributed by atoms with Gasteiger partial charge < -0.3 is 20.1 Å². The first-order valence-electron chi connectivity index (χ1n) is 11.0. The summed E-state index contributed by atoms with van der Waals surface area (Å²) in [5.41, 5.74) is 2.57. The lowest BCUT2D eigenvalue weighted by Gasteiger charge is -2.32. The van der Waals surface area contributed by atoms with Gasteiger partial charge in [-0.25, -0.2) is 0 Å². The smallest absolute Gasteiger partial charge is 0.190 e. The van der Waals surface area contributed by atoms with E-state index in [-0.39, 0.29) is 30.1 Å². The van der Waals surface area contributed by atoms with E-state index in [0.29, 0.717) is 12.0 Å². The number of hydrogen-bond donors (Lipinski definition) is 2. The largest absolute Gasteiger partial charge is 0.378 e. The van der Waals surface area contributed by atoms with Crippen molar-refractivity contribution in [3.63, 3.8) is 0 Å². The summed E-state index contributed by atoms with van der Waals surface area (Å²) in [7, 11) is 1.83. The summed E-state index contributed by atoms with van der Waals surface area (Å²) in [6, 6.07) is 8.75. The molecule has 164 valence electrons. The Morgan fingerprint density at radius 2 is 1.86 bits per heavy atom. The molecule has 2 atom stereocenters. The van der Waals surface area contributed by atoms with Crippen LogP contribution in [0.5, 0.6) is 0 Å². The topological polar surface area (TPSA) is 54.9 Å². The molecule has 2 fully saturated rings. The number of ether oxygens (including phenoxy) is 2. The molecule has 1 saturated heterocycles. The first kappa shape index (κ1) is 24.4. The molecule has 0 radical (unpaired) electrons. The van der Waals surface area contributed by atoms with Gasteiger partial charge in [-0.15, -0.1) is 24.0 Å². The van der Waals surface area contributed by atoms with E-state index in [1.807, 2.05) is 7.05 Å². The number of halogens is 1. The third-order valence-corrected chi connectivity index (χ3v) is 5.88. The summed E-state index contributed by atoms with van der Waals surface area (Å²) in [6.07, 6.45) is 9.11. The van der Waals surface area contributed by atoms with E-state index >= 15 is 0 Å². The SMILES string of the molecule is CN=C(NCCCOC1CCCC1)NCC1CCCOC1c1ccc(C)cc1.I. The quantitative estimate of drug-likeness (QED) is 0.230. The Kier molecular flexibility index (Phi) is 11.3. The van der Waals surface area contributed by atoms with Crippen LogP contribution in [-0.4, -0.2) is 45.4 Å². The number of hydrogen-bond acceptors (Lipinski definition) is 3. The predicted molar refractivity (Wildman–Crippen MR) is 130 cm³/mol. The van der Waals surface area contributed by atoms with Crippen molar-refractivity contribution >= 4 is 29.9 Å². The minimum atomic E-state index is 0. The normalized spacial score (nSPS) is 22.9. The monoisotopic (exact) mass is 515 g/mol.